The fraction of sp³-hybridized carbons (Fsp3) is 0.900. The van der Waals surface area contributed by atoms with Gasteiger partial charge < -0.3 is 4.74 Å². The molecule has 0 N–H and O–H groups in total. The molecule has 1 heterocycles. The predicted octanol–water partition coefficient (Wildman–Crippen LogP) is 2.26. The van der Waals surface area contributed by atoms with Crippen LogP contribution in [0.2, 0.25) is 0 Å². The van der Waals surface area contributed by atoms with E-state index in [0.29, 0.717) is 13.0 Å². The van der Waals surface area contributed by atoms with Crippen LogP contribution in [0.25, 0.3) is 0 Å². The van der Waals surface area contributed by atoms with Crippen LogP contribution in [0.4, 0.5) is 13.6 Å². The van der Waals surface area contributed by atoms with Crippen LogP contribution < -0.4 is 0 Å². The smallest absolute Gasteiger partial charge is 0.410 e. The summed E-state index contributed by atoms with van der Waals surface area (Å²) in [5, 5.41) is 0. The van der Waals surface area contributed by atoms with E-state index in [2.05, 4.69) is 0 Å². The van der Waals surface area contributed by atoms with Crippen LogP contribution in [-0.2, 0) is 4.74 Å². The first-order chi connectivity index (χ1) is 6.73. The van der Waals surface area contributed by atoms with Gasteiger partial charge in [-0.05, 0) is 27.2 Å². The van der Waals surface area contributed by atoms with Crippen LogP contribution in [0.3, 0.4) is 0 Å². The average Bonchev–Trinajstić information content (AvgIpc) is 2.42. The van der Waals surface area contributed by atoms with Crippen molar-refractivity contribution in [2.24, 2.45) is 5.92 Å². The first-order valence-corrected chi connectivity index (χ1v) is 5.11. The van der Waals surface area contributed by atoms with E-state index in [-0.39, 0.29) is 0 Å². The molecule has 2 rings (SSSR count). The molecule has 3 nitrogen and oxygen atoms in total. The lowest BCUT2D eigenvalue weighted by Crippen LogP contribution is -2.39. The van der Waals surface area contributed by atoms with Crippen molar-refractivity contribution >= 4 is 6.09 Å². The van der Waals surface area contributed by atoms with Crippen molar-refractivity contribution < 1.29 is 18.3 Å². The minimum Gasteiger partial charge on any atom is -0.444 e. The molecule has 0 unspecified atom stereocenters. The zero-order valence-electron chi connectivity index (χ0n) is 9.09. The molecule has 0 bridgehead atoms. The largest absolute Gasteiger partial charge is 0.444 e. The van der Waals surface area contributed by atoms with Crippen molar-refractivity contribution in [2.45, 2.75) is 44.8 Å². The Kier molecular flexibility index (Phi) is 2.01. The van der Waals surface area contributed by atoms with Gasteiger partial charge in [0.2, 0.25) is 0 Å². The van der Waals surface area contributed by atoms with Crippen molar-refractivity contribution in [1.82, 2.24) is 4.90 Å². The molecule has 1 saturated heterocycles. The molecular formula is C10H15F2NO2. The van der Waals surface area contributed by atoms with Gasteiger partial charge in [-0.1, -0.05) is 0 Å². The number of halogens is 2. The molecule has 1 saturated carbocycles. The molecule has 0 aromatic heterocycles. The Morgan fingerprint density at radius 1 is 1.47 bits per heavy atom. The van der Waals surface area contributed by atoms with Crippen molar-refractivity contribution in [1.29, 1.82) is 0 Å². The lowest BCUT2D eigenvalue weighted by molar-refractivity contribution is 0.00508. The number of ether oxygens (including phenoxy) is 1. The number of hydrogen-bond acceptors (Lipinski definition) is 2. The molecule has 0 aromatic rings. The van der Waals surface area contributed by atoms with Gasteiger partial charge in [0.25, 0.3) is 5.92 Å². The van der Waals surface area contributed by atoms with Crippen molar-refractivity contribution in [3.05, 3.63) is 0 Å². The summed E-state index contributed by atoms with van der Waals surface area (Å²) >= 11 is 0. The number of hydrogen-bond donors (Lipinski definition) is 0. The number of rotatable bonds is 0. The normalized spacial score (nSPS) is 32.5. The summed E-state index contributed by atoms with van der Waals surface area (Å²) in [6.45, 7) is 5.57. The molecule has 0 radical (unpaired) electrons. The minimum absolute atomic E-state index is 0.386. The van der Waals surface area contributed by atoms with E-state index in [4.69, 9.17) is 4.74 Å². The molecule has 1 amide bonds. The van der Waals surface area contributed by atoms with Crippen LogP contribution in [0.5, 0.6) is 0 Å². The van der Waals surface area contributed by atoms with Crippen LogP contribution >= 0.6 is 0 Å². The molecule has 0 aromatic carbocycles. The summed E-state index contributed by atoms with van der Waals surface area (Å²) in [4.78, 5) is 12.7. The van der Waals surface area contributed by atoms with E-state index >= 15 is 0 Å². The molecule has 5 heteroatoms. The van der Waals surface area contributed by atoms with Crippen molar-refractivity contribution in [3.63, 3.8) is 0 Å². The SMILES string of the molecule is CC(C)(C)OC(=O)N1CC[C@H]2[C@H]1C2(F)F. The van der Waals surface area contributed by atoms with Gasteiger partial charge in [0, 0.05) is 6.54 Å². The fourth-order valence-corrected chi connectivity index (χ4v) is 2.09. The van der Waals surface area contributed by atoms with Gasteiger partial charge >= 0.3 is 6.09 Å². The highest BCUT2D eigenvalue weighted by molar-refractivity contribution is 5.70. The van der Waals surface area contributed by atoms with Crippen LogP contribution in [-0.4, -0.2) is 35.1 Å². The Balaban J connectivity index is 1.99. The monoisotopic (exact) mass is 219 g/mol. The maximum Gasteiger partial charge on any atom is 0.410 e. The molecule has 2 fully saturated rings. The lowest BCUT2D eigenvalue weighted by atomic mass is 10.2. The summed E-state index contributed by atoms with van der Waals surface area (Å²) in [5.74, 6) is -3.32. The van der Waals surface area contributed by atoms with E-state index in [1.807, 2.05) is 0 Å². The Morgan fingerprint density at radius 3 is 2.47 bits per heavy atom. The highest BCUT2D eigenvalue weighted by Crippen LogP contribution is 2.58. The van der Waals surface area contributed by atoms with Gasteiger partial charge in [-0.2, -0.15) is 0 Å². The third-order valence-corrected chi connectivity index (χ3v) is 2.81. The fourth-order valence-electron chi connectivity index (χ4n) is 2.09. The first-order valence-electron chi connectivity index (χ1n) is 5.11. The van der Waals surface area contributed by atoms with E-state index in [0.717, 1.165) is 4.90 Å². The number of likely N-dealkylation sites (tertiary alicyclic amines) is 1. The third-order valence-electron chi connectivity index (χ3n) is 2.81. The highest BCUT2D eigenvalue weighted by Gasteiger charge is 2.74. The Labute approximate surface area is 87.4 Å². The maximum absolute atomic E-state index is 13.0. The van der Waals surface area contributed by atoms with Crippen molar-refractivity contribution in [3.8, 4) is 0 Å². The zero-order chi connectivity index (χ0) is 11.4. The lowest BCUT2D eigenvalue weighted by Gasteiger charge is -2.25. The first kappa shape index (κ1) is 10.6. The summed E-state index contributed by atoms with van der Waals surface area (Å²) in [7, 11) is 0. The number of carbonyl (C=O) groups is 1. The van der Waals surface area contributed by atoms with E-state index in [9.17, 15) is 13.6 Å². The van der Waals surface area contributed by atoms with E-state index in [1.165, 1.54) is 0 Å². The second-order valence-electron chi connectivity index (χ2n) is 5.19. The van der Waals surface area contributed by atoms with Gasteiger partial charge in [0.05, 0.1) is 5.92 Å². The Bertz CT molecular complexity index is 298. The van der Waals surface area contributed by atoms with Gasteiger partial charge in [0.15, 0.2) is 0 Å². The second kappa shape index (κ2) is 2.83. The number of carbonyl (C=O) groups excluding carboxylic acids is 1. The van der Waals surface area contributed by atoms with Gasteiger partial charge in [-0.25, -0.2) is 13.6 Å². The molecule has 86 valence electrons. The number of alkyl halides is 2. The topological polar surface area (TPSA) is 29.5 Å². The summed E-state index contributed by atoms with van der Waals surface area (Å²) < 4.78 is 31.1. The molecular weight excluding hydrogens is 204 g/mol. The molecule has 2 aliphatic rings. The summed E-state index contributed by atoms with van der Waals surface area (Å²) in [6, 6.07) is -0.910. The Hall–Kier alpha value is -0.870. The van der Waals surface area contributed by atoms with Gasteiger partial charge in [0.1, 0.15) is 11.6 Å². The second-order valence-corrected chi connectivity index (χ2v) is 5.19. The zero-order valence-corrected chi connectivity index (χ0v) is 9.09. The van der Waals surface area contributed by atoms with Gasteiger partial charge in [-0.3, -0.25) is 4.90 Å². The van der Waals surface area contributed by atoms with E-state index < -0.39 is 29.6 Å². The number of amides is 1. The molecule has 15 heavy (non-hydrogen) atoms. The van der Waals surface area contributed by atoms with E-state index in [1.54, 1.807) is 20.8 Å². The minimum atomic E-state index is -2.69. The van der Waals surface area contributed by atoms with Gasteiger partial charge in [-0.15, -0.1) is 0 Å². The molecule has 1 aliphatic heterocycles. The quantitative estimate of drug-likeness (QED) is 0.625. The van der Waals surface area contributed by atoms with Crippen LogP contribution in [0.15, 0.2) is 0 Å². The maximum atomic E-state index is 13.0. The molecule has 1 aliphatic carbocycles. The predicted molar refractivity (Wildman–Crippen MR) is 49.8 cm³/mol. The Morgan fingerprint density at radius 2 is 2.07 bits per heavy atom. The highest BCUT2D eigenvalue weighted by atomic mass is 19.3. The molecule has 0 spiro atoms. The van der Waals surface area contributed by atoms with Crippen molar-refractivity contribution in [2.75, 3.05) is 6.54 Å². The summed E-state index contributed by atoms with van der Waals surface area (Å²) in [5.41, 5.74) is -0.626. The number of nitrogens with zero attached hydrogens (tertiary/aromatic N) is 1. The van der Waals surface area contributed by atoms with Crippen LogP contribution in [0.1, 0.15) is 27.2 Å². The third kappa shape index (κ3) is 1.68. The average molecular weight is 219 g/mol. The number of piperidine rings is 1. The standard InChI is InChI=1S/C10H15F2NO2/c1-9(2,3)15-8(14)13-5-4-6-7(13)10(6,11)12/h6-7H,4-5H2,1-3H3/t6-,7-/m0/s1. The summed E-state index contributed by atoms with van der Waals surface area (Å²) in [6.07, 6.45) is -0.233. The van der Waals surface area contributed by atoms with Crippen LogP contribution in [0, 0.1) is 5.92 Å². The number of fused-ring (bicyclic) bond motifs is 1. The molecule has 2 atom stereocenters.